The van der Waals surface area contributed by atoms with Gasteiger partial charge in [-0.15, -0.1) is 0 Å². The monoisotopic (exact) mass is 571 g/mol. The van der Waals surface area contributed by atoms with Gasteiger partial charge in [-0.05, 0) is 50.2 Å². The topological polar surface area (TPSA) is 198 Å². The Bertz CT molecular complexity index is 1960. The van der Waals surface area contributed by atoms with Crippen LogP contribution in [0.1, 0.15) is 43.8 Å². The van der Waals surface area contributed by atoms with Gasteiger partial charge in [0.15, 0.2) is 0 Å². The Kier molecular flexibility index (Phi) is 7.35. The van der Waals surface area contributed by atoms with Gasteiger partial charge in [-0.1, -0.05) is 12.2 Å². The van der Waals surface area contributed by atoms with Crippen molar-refractivity contribution in [2.45, 2.75) is 33.5 Å². The summed E-state index contributed by atoms with van der Waals surface area (Å²) in [5, 5.41) is 7.19. The minimum Gasteiger partial charge on any atom is -0.494 e. The number of allylic oxidation sites excluding steroid dienone is 2. The van der Waals surface area contributed by atoms with E-state index in [1.807, 2.05) is 13.0 Å². The molecule has 14 nitrogen and oxygen atoms in total. The molecule has 2 aromatic carbocycles. The smallest absolute Gasteiger partial charge is 0.326 e. The molecule has 0 saturated heterocycles. The van der Waals surface area contributed by atoms with E-state index in [1.165, 1.54) is 29.9 Å². The quantitative estimate of drug-likeness (QED) is 0.184. The number of hydrogen-bond donors (Lipinski definition) is 4. The maximum absolute atomic E-state index is 13.3. The van der Waals surface area contributed by atoms with Gasteiger partial charge >= 0.3 is 5.69 Å². The van der Waals surface area contributed by atoms with Crippen molar-refractivity contribution in [3.05, 3.63) is 81.5 Å². The first kappa shape index (κ1) is 27.9. The molecule has 6 N–H and O–H groups in total. The molecule has 0 spiro atoms. The molecule has 5 rings (SSSR count). The molecular weight excluding hydrogens is 542 g/mol. The standard InChI is InChI=1S/C28H29N9O5/c1-4-37-21(11-15(2)34-37)26(40)33-27-31-19-13-17(25(30)39)14-22(42-3)23(19)36(27)10-6-5-9-35-20-8-7-16(24(29)38)12-18(20)32-28(35)41/h5-8,11-14H,4,9-10H2,1-3H3,(H2,29,38)(H2,30,39)(H,32,41)(H,31,33,40). The number of carbonyl (C=O) groups is 3. The first-order chi connectivity index (χ1) is 20.1. The number of carbonyl (C=O) groups excluding carboxylic acids is 3. The summed E-state index contributed by atoms with van der Waals surface area (Å²) < 4.78 is 10.4. The van der Waals surface area contributed by atoms with Crippen molar-refractivity contribution in [2.24, 2.45) is 11.5 Å². The highest BCUT2D eigenvalue weighted by Crippen LogP contribution is 2.31. The number of nitrogens with two attached hydrogens (primary N) is 2. The van der Waals surface area contributed by atoms with Crippen molar-refractivity contribution in [1.29, 1.82) is 0 Å². The third-order valence-electron chi connectivity index (χ3n) is 6.77. The number of ether oxygens (including phenoxy) is 1. The van der Waals surface area contributed by atoms with Crippen LogP contribution in [0.5, 0.6) is 5.75 Å². The predicted molar refractivity (Wildman–Crippen MR) is 156 cm³/mol. The van der Waals surface area contributed by atoms with Crippen LogP contribution in [0.15, 0.2) is 53.3 Å². The minimum absolute atomic E-state index is 0.204. The molecule has 0 aliphatic heterocycles. The second kappa shape index (κ2) is 11.1. The summed E-state index contributed by atoms with van der Waals surface area (Å²) in [4.78, 5) is 56.6. The molecule has 42 heavy (non-hydrogen) atoms. The highest BCUT2D eigenvalue weighted by molar-refractivity contribution is 6.04. The van der Waals surface area contributed by atoms with Gasteiger partial charge in [0.05, 0.1) is 29.4 Å². The third kappa shape index (κ3) is 5.12. The Morgan fingerprint density at radius 1 is 1.02 bits per heavy atom. The lowest BCUT2D eigenvalue weighted by atomic mass is 10.1. The Labute approximate surface area is 238 Å². The molecule has 216 valence electrons. The molecule has 0 atom stereocenters. The number of imidazole rings is 2. The van der Waals surface area contributed by atoms with Crippen LogP contribution >= 0.6 is 0 Å². The maximum atomic E-state index is 13.3. The van der Waals surface area contributed by atoms with Gasteiger partial charge in [-0.25, -0.2) is 9.78 Å². The van der Waals surface area contributed by atoms with Crippen molar-refractivity contribution in [3.8, 4) is 5.75 Å². The number of anilines is 1. The fourth-order valence-corrected chi connectivity index (χ4v) is 4.79. The zero-order valence-corrected chi connectivity index (χ0v) is 23.2. The summed E-state index contributed by atoms with van der Waals surface area (Å²) in [7, 11) is 1.46. The number of aromatic amines is 1. The Hall–Kier alpha value is -5.66. The average molecular weight is 572 g/mol. The summed E-state index contributed by atoms with van der Waals surface area (Å²) >= 11 is 0. The fraction of sp³-hybridized carbons (Fsp3) is 0.214. The first-order valence-corrected chi connectivity index (χ1v) is 13.0. The Balaban J connectivity index is 1.50. The zero-order valence-electron chi connectivity index (χ0n) is 23.2. The summed E-state index contributed by atoms with van der Waals surface area (Å²) in [6.45, 7) is 4.64. The zero-order chi connectivity index (χ0) is 30.1. The van der Waals surface area contributed by atoms with Crippen molar-refractivity contribution in [3.63, 3.8) is 0 Å². The second-order valence-electron chi connectivity index (χ2n) is 9.51. The molecule has 3 amide bonds. The normalized spacial score (nSPS) is 11.5. The predicted octanol–water partition coefficient (Wildman–Crippen LogP) is 1.92. The number of aromatic nitrogens is 6. The molecule has 0 aliphatic rings. The maximum Gasteiger partial charge on any atom is 0.326 e. The van der Waals surface area contributed by atoms with E-state index >= 15 is 0 Å². The molecule has 3 heterocycles. The van der Waals surface area contributed by atoms with Crippen molar-refractivity contribution in [1.82, 2.24) is 28.9 Å². The van der Waals surface area contributed by atoms with Gasteiger partial charge in [-0.2, -0.15) is 5.10 Å². The van der Waals surface area contributed by atoms with Gasteiger partial charge in [0, 0.05) is 30.8 Å². The number of nitrogens with zero attached hydrogens (tertiary/aromatic N) is 5. The largest absolute Gasteiger partial charge is 0.494 e. The van der Waals surface area contributed by atoms with Crippen LogP contribution in [0, 0.1) is 6.92 Å². The lowest BCUT2D eigenvalue weighted by Gasteiger charge is -2.11. The summed E-state index contributed by atoms with van der Waals surface area (Å²) in [5.74, 6) is -1.09. The molecular formula is C28H29N9O5. The lowest BCUT2D eigenvalue weighted by molar-refractivity contribution is 0.0992. The molecule has 0 bridgehead atoms. The van der Waals surface area contributed by atoms with E-state index < -0.39 is 17.7 Å². The van der Waals surface area contributed by atoms with Crippen LogP contribution in [0.4, 0.5) is 5.95 Å². The Morgan fingerprint density at radius 2 is 1.74 bits per heavy atom. The number of rotatable bonds is 10. The Morgan fingerprint density at radius 3 is 2.40 bits per heavy atom. The third-order valence-corrected chi connectivity index (χ3v) is 6.77. The highest BCUT2D eigenvalue weighted by Gasteiger charge is 2.21. The van der Waals surface area contributed by atoms with E-state index in [4.69, 9.17) is 16.2 Å². The van der Waals surface area contributed by atoms with Crippen molar-refractivity contribution < 1.29 is 19.1 Å². The van der Waals surface area contributed by atoms with Crippen LogP contribution in [0.25, 0.3) is 22.1 Å². The van der Waals surface area contributed by atoms with Gasteiger partial charge < -0.3 is 25.8 Å². The lowest BCUT2D eigenvalue weighted by Crippen LogP contribution is -2.20. The average Bonchev–Trinajstić information content (AvgIpc) is 3.61. The number of fused-ring (bicyclic) bond motifs is 2. The number of methoxy groups -OCH3 is 1. The molecule has 0 aliphatic carbocycles. The highest BCUT2D eigenvalue weighted by atomic mass is 16.5. The van der Waals surface area contributed by atoms with E-state index in [1.54, 1.807) is 40.4 Å². The fourth-order valence-electron chi connectivity index (χ4n) is 4.79. The van der Waals surface area contributed by atoms with Crippen LogP contribution in [-0.2, 0) is 19.6 Å². The van der Waals surface area contributed by atoms with E-state index in [0.29, 0.717) is 51.3 Å². The number of nitrogens with one attached hydrogen (secondary N) is 2. The van der Waals surface area contributed by atoms with Crippen LogP contribution in [0.2, 0.25) is 0 Å². The number of aryl methyl sites for hydroxylation is 2. The number of H-pyrrole nitrogens is 1. The van der Waals surface area contributed by atoms with Crippen LogP contribution in [-0.4, -0.2) is 53.7 Å². The summed E-state index contributed by atoms with van der Waals surface area (Å²) in [6.07, 6.45) is 3.59. The van der Waals surface area contributed by atoms with E-state index in [-0.39, 0.29) is 30.3 Å². The summed E-state index contributed by atoms with van der Waals surface area (Å²) in [6, 6.07) is 9.47. The van der Waals surface area contributed by atoms with E-state index in [0.717, 1.165) is 0 Å². The van der Waals surface area contributed by atoms with Gasteiger partial charge in [0.25, 0.3) is 5.91 Å². The molecule has 0 saturated carbocycles. The van der Waals surface area contributed by atoms with Gasteiger partial charge in [-0.3, -0.25) is 28.9 Å². The first-order valence-electron chi connectivity index (χ1n) is 13.0. The molecule has 0 radical (unpaired) electrons. The molecule has 5 aromatic rings. The van der Waals surface area contributed by atoms with Gasteiger partial charge in [0.1, 0.15) is 17.0 Å². The van der Waals surface area contributed by atoms with Crippen LogP contribution < -0.4 is 27.2 Å². The molecule has 0 fully saturated rings. The minimum atomic E-state index is -0.648. The molecule has 0 unspecified atom stereocenters. The van der Waals surface area contributed by atoms with Crippen LogP contribution in [0.3, 0.4) is 0 Å². The van der Waals surface area contributed by atoms with Gasteiger partial charge in [0.2, 0.25) is 17.8 Å². The number of amides is 3. The van der Waals surface area contributed by atoms with E-state index in [2.05, 4.69) is 20.4 Å². The van der Waals surface area contributed by atoms with Crippen molar-refractivity contribution in [2.75, 3.05) is 12.4 Å². The second-order valence-corrected chi connectivity index (χ2v) is 9.51. The van der Waals surface area contributed by atoms with Crippen molar-refractivity contribution >= 4 is 45.7 Å². The SMILES string of the molecule is CCn1nc(C)cc1C(=O)Nc1nc2cc(C(N)=O)cc(OC)c2n1CC=CCn1c(=O)[nH]c2cc(C(N)=O)ccc21. The summed E-state index contributed by atoms with van der Waals surface area (Å²) in [5.41, 5.74) is 14.1. The van der Waals surface area contributed by atoms with E-state index in [9.17, 15) is 19.2 Å². The number of primary amides is 2. The molecule has 14 heteroatoms. The number of benzene rings is 2. The number of hydrogen-bond acceptors (Lipinski definition) is 7. The molecule has 3 aromatic heterocycles.